The summed E-state index contributed by atoms with van der Waals surface area (Å²) in [7, 11) is 1.75. The Morgan fingerprint density at radius 1 is 1.56 bits per heavy atom. The minimum Gasteiger partial charge on any atom is -0.356 e. The molecular weight excluding hydrogens is 357 g/mol. The van der Waals surface area contributed by atoms with Crippen molar-refractivity contribution in [2.45, 2.75) is 13.3 Å². The molecule has 0 saturated carbocycles. The normalized spacial score (nSPS) is 12.2. The second-order valence-corrected chi connectivity index (χ2v) is 4.93. The maximum absolute atomic E-state index is 5.18. The van der Waals surface area contributed by atoms with Crippen molar-refractivity contribution in [3.63, 3.8) is 0 Å². The molecule has 18 heavy (non-hydrogen) atoms. The predicted molar refractivity (Wildman–Crippen MR) is 90.8 cm³/mol. The third-order valence-corrected chi connectivity index (χ3v) is 3.23. The highest BCUT2D eigenvalue weighted by Gasteiger charge is 2.05. The molecule has 1 atom stereocenters. The fourth-order valence-electron chi connectivity index (χ4n) is 1.47. The number of nitrogens with zero attached hydrogens (tertiary/aromatic N) is 1. The van der Waals surface area contributed by atoms with Gasteiger partial charge in [-0.05, 0) is 23.8 Å². The molecule has 0 aliphatic rings. The Balaban J connectivity index is 0.00000289. The van der Waals surface area contributed by atoms with E-state index in [0.29, 0.717) is 12.5 Å². The van der Waals surface area contributed by atoms with Gasteiger partial charge in [0, 0.05) is 18.5 Å². The Morgan fingerprint density at radius 2 is 2.33 bits per heavy atom. The van der Waals surface area contributed by atoms with Crippen LogP contribution in [0.1, 0.15) is 11.8 Å². The fourth-order valence-corrected chi connectivity index (χ4v) is 2.34. The van der Waals surface area contributed by atoms with Gasteiger partial charge in [0.2, 0.25) is 0 Å². The van der Waals surface area contributed by atoms with E-state index < -0.39 is 0 Å². The zero-order valence-electron chi connectivity index (χ0n) is 10.8. The monoisotopic (exact) mass is 377 g/mol. The number of thiophene rings is 1. The molecule has 1 unspecified atom stereocenters. The lowest BCUT2D eigenvalue weighted by Crippen LogP contribution is -2.39. The quantitative estimate of drug-likeness (QED) is 0.358. The molecule has 1 heterocycles. The third-order valence-electron chi connectivity index (χ3n) is 2.33. The van der Waals surface area contributed by atoms with Crippen LogP contribution in [0.3, 0.4) is 0 Å². The van der Waals surface area contributed by atoms with Crippen molar-refractivity contribution >= 4 is 41.3 Å². The lowest BCUT2D eigenvalue weighted by Gasteiger charge is -2.14. The summed E-state index contributed by atoms with van der Waals surface area (Å²) in [6, 6.07) is 4.26. The number of aliphatic imine (C=N–C) groups is 1. The molecular formula is C13H20IN3S. The first-order chi connectivity index (χ1) is 8.26. The minimum absolute atomic E-state index is 0. The van der Waals surface area contributed by atoms with Crippen LogP contribution in [-0.2, 0) is 6.42 Å². The van der Waals surface area contributed by atoms with E-state index >= 15 is 0 Å². The molecule has 0 aromatic carbocycles. The van der Waals surface area contributed by atoms with E-state index in [1.807, 2.05) is 0 Å². The van der Waals surface area contributed by atoms with Crippen LogP contribution in [0.2, 0.25) is 0 Å². The molecule has 2 N–H and O–H groups in total. The van der Waals surface area contributed by atoms with Crippen molar-refractivity contribution in [2.75, 3.05) is 20.1 Å². The summed E-state index contributed by atoms with van der Waals surface area (Å²) in [5, 5.41) is 8.42. The van der Waals surface area contributed by atoms with Gasteiger partial charge in [-0.3, -0.25) is 4.99 Å². The molecule has 0 saturated heterocycles. The molecule has 1 aromatic heterocycles. The topological polar surface area (TPSA) is 36.4 Å². The number of nitrogens with one attached hydrogen (secondary N) is 2. The second kappa shape index (κ2) is 10.2. The highest BCUT2D eigenvalue weighted by atomic mass is 127. The lowest BCUT2D eigenvalue weighted by molar-refractivity contribution is 0.563. The second-order valence-electron chi connectivity index (χ2n) is 3.90. The van der Waals surface area contributed by atoms with Gasteiger partial charge in [0.15, 0.2) is 5.96 Å². The number of terminal acetylenes is 1. The number of hydrogen-bond acceptors (Lipinski definition) is 2. The largest absolute Gasteiger partial charge is 0.356 e. The number of rotatable bonds is 5. The molecule has 3 nitrogen and oxygen atoms in total. The Kier molecular flexibility index (Phi) is 9.79. The molecule has 0 aliphatic heterocycles. The van der Waals surface area contributed by atoms with Crippen LogP contribution in [0.4, 0.5) is 0 Å². The number of hydrogen-bond donors (Lipinski definition) is 2. The van der Waals surface area contributed by atoms with Gasteiger partial charge in [-0.1, -0.05) is 18.9 Å². The lowest BCUT2D eigenvalue weighted by atomic mass is 10.1. The molecule has 100 valence electrons. The van der Waals surface area contributed by atoms with Crippen LogP contribution in [-0.4, -0.2) is 26.1 Å². The van der Waals surface area contributed by atoms with Crippen LogP contribution < -0.4 is 10.6 Å². The predicted octanol–water partition coefficient (Wildman–Crippen LogP) is 2.34. The highest BCUT2D eigenvalue weighted by molar-refractivity contribution is 14.0. The summed E-state index contributed by atoms with van der Waals surface area (Å²) in [5.41, 5.74) is 0. The van der Waals surface area contributed by atoms with E-state index in [9.17, 15) is 0 Å². The summed E-state index contributed by atoms with van der Waals surface area (Å²) in [4.78, 5) is 5.52. The first kappa shape index (κ1) is 17.3. The van der Waals surface area contributed by atoms with Gasteiger partial charge in [0.05, 0.1) is 6.54 Å². The zero-order chi connectivity index (χ0) is 12.5. The van der Waals surface area contributed by atoms with Gasteiger partial charge >= 0.3 is 0 Å². The molecule has 0 fully saturated rings. The van der Waals surface area contributed by atoms with Crippen LogP contribution in [0, 0.1) is 18.3 Å². The Morgan fingerprint density at radius 3 is 2.89 bits per heavy atom. The molecule has 1 rings (SSSR count). The third kappa shape index (κ3) is 6.87. The van der Waals surface area contributed by atoms with Gasteiger partial charge in [0.25, 0.3) is 0 Å². The van der Waals surface area contributed by atoms with E-state index in [2.05, 4.69) is 46.0 Å². The van der Waals surface area contributed by atoms with Crippen molar-refractivity contribution in [1.29, 1.82) is 0 Å². The van der Waals surface area contributed by atoms with Crippen LogP contribution >= 0.6 is 35.3 Å². The van der Waals surface area contributed by atoms with Gasteiger partial charge in [0.1, 0.15) is 0 Å². The summed E-state index contributed by atoms with van der Waals surface area (Å²) >= 11 is 1.80. The average molecular weight is 377 g/mol. The van der Waals surface area contributed by atoms with Crippen molar-refractivity contribution in [2.24, 2.45) is 10.9 Å². The average Bonchev–Trinajstić information content (AvgIpc) is 2.82. The summed E-state index contributed by atoms with van der Waals surface area (Å²) in [6.45, 7) is 3.61. The summed E-state index contributed by atoms with van der Waals surface area (Å²) in [6.07, 6.45) is 6.28. The van der Waals surface area contributed by atoms with Crippen LogP contribution in [0.5, 0.6) is 0 Å². The Hall–Kier alpha value is -0.740. The zero-order valence-corrected chi connectivity index (χ0v) is 13.9. The van der Waals surface area contributed by atoms with E-state index in [0.717, 1.165) is 18.9 Å². The smallest absolute Gasteiger partial charge is 0.191 e. The van der Waals surface area contributed by atoms with E-state index in [-0.39, 0.29) is 24.0 Å². The first-order valence-electron chi connectivity index (χ1n) is 5.66. The van der Waals surface area contributed by atoms with Gasteiger partial charge in [-0.25, -0.2) is 0 Å². The van der Waals surface area contributed by atoms with E-state index in [1.54, 1.807) is 18.4 Å². The van der Waals surface area contributed by atoms with Crippen LogP contribution in [0.15, 0.2) is 22.5 Å². The molecule has 5 heteroatoms. The maximum Gasteiger partial charge on any atom is 0.191 e. The maximum atomic E-state index is 5.18. The Labute approximate surface area is 130 Å². The molecule has 0 bridgehead atoms. The van der Waals surface area contributed by atoms with Gasteiger partial charge in [-0.2, -0.15) is 0 Å². The van der Waals surface area contributed by atoms with Gasteiger partial charge in [-0.15, -0.1) is 41.7 Å². The fraction of sp³-hybridized carbons (Fsp3) is 0.462. The van der Waals surface area contributed by atoms with Crippen LogP contribution in [0.25, 0.3) is 0 Å². The number of guanidine groups is 1. The van der Waals surface area contributed by atoms with Crippen molar-refractivity contribution in [3.05, 3.63) is 22.4 Å². The summed E-state index contributed by atoms with van der Waals surface area (Å²) < 4.78 is 0. The first-order valence-corrected chi connectivity index (χ1v) is 6.54. The molecule has 0 amide bonds. The molecule has 0 aliphatic carbocycles. The van der Waals surface area contributed by atoms with Crippen molar-refractivity contribution < 1.29 is 0 Å². The molecule has 0 radical (unpaired) electrons. The Bertz CT molecular complexity index is 381. The molecule has 1 aromatic rings. The van der Waals surface area contributed by atoms with E-state index in [1.165, 1.54) is 4.88 Å². The highest BCUT2D eigenvalue weighted by Crippen LogP contribution is 2.13. The SMILES string of the molecule is C#CCNC(=NC)NCC(C)Cc1cccs1.I. The van der Waals surface area contributed by atoms with Crippen molar-refractivity contribution in [1.82, 2.24) is 10.6 Å². The summed E-state index contributed by atoms with van der Waals surface area (Å²) in [5.74, 6) is 3.86. The molecule has 0 spiro atoms. The standard InChI is InChI=1S/C13H19N3S.HI/c1-4-7-15-13(14-3)16-10-11(2)9-12-6-5-8-17-12;/h1,5-6,8,11H,7,9-10H2,2-3H3,(H2,14,15,16);1H. The van der Waals surface area contributed by atoms with E-state index in [4.69, 9.17) is 6.42 Å². The minimum atomic E-state index is 0. The number of halogens is 1. The van der Waals surface area contributed by atoms with Gasteiger partial charge < -0.3 is 10.6 Å². The van der Waals surface area contributed by atoms with Crippen molar-refractivity contribution in [3.8, 4) is 12.3 Å².